The van der Waals surface area contributed by atoms with Crippen LogP contribution < -0.4 is 21.3 Å². The Morgan fingerprint density at radius 2 is 0.648 bits per heavy atom. The number of fused-ring (bicyclic) bond motifs is 4. The molecule has 0 fully saturated rings. The summed E-state index contributed by atoms with van der Waals surface area (Å²) in [7, 11) is 0. The van der Waals surface area contributed by atoms with Crippen LogP contribution in [0.3, 0.4) is 0 Å². The monoisotopic (exact) mass is 1170 g/mol. The van der Waals surface area contributed by atoms with Crippen LogP contribution in [-0.4, -0.2) is 0 Å². The highest BCUT2D eigenvalue weighted by Crippen LogP contribution is 2.36. The van der Waals surface area contributed by atoms with E-state index in [0.29, 0.717) is 44.6 Å². The second-order valence-electron chi connectivity index (χ2n) is 18.6. The summed E-state index contributed by atoms with van der Waals surface area (Å²) in [5.41, 5.74) is 5.85. The summed E-state index contributed by atoms with van der Waals surface area (Å²) in [4.78, 5) is 0. The molecule has 0 aliphatic heterocycles. The first kappa shape index (κ1) is 28.4. The molecule has 0 saturated carbocycles. The maximum Gasteiger partial charge on any atom is 0.0645 e. The summed E-state index contributed by atoms with van der Waals surface area (Å²) in [5, 5.41) is 12.7. The number of para-hydroxylation sites is 2. The number of nitrogens with one attached hydrogen (secondary N) is 4. The molecule has 0 spiro atoms. The lowest BCUT2D eigenvalue weighted by atomic mass is 9.97. The van der Waals surface area contributed by atoms with E-state index in [0.717, 1.165) is 16.7 Å². The van der Waals surface area contributed by atoms with Crippen LogP contribution in [0.15, 0.2) is 364 Å². The van der Waals surface area contributed by atoms with Crippen LogP contribution in [0.4, 0.5) is 45.5 Å². The van der Waals surface area contributed by atoms with E-state index in [-0.39, 0.29) is 145 Å². The van der Waals surface area contributed by atoms with Gasteiger partial charge in [0.25, 0.3) is 0 Å². The highest BCUT2D eigenvalue weighted by atomic mass is 14.9. The van der Waals surface area contributed by atoms with Crippen LogP contribution in [0.1, 0.15) is 54.9 Å². The maximum atomic E-state index is 8.42. The van der Waals surface area contributed by atoms with Crippen LogP contribution in [0, 0.1) is 0 Å². The number of hydrogen-bond donors (Lipinski definition) is 4. The summed E-state index contributed by atoms with van der Waals surface area (Å²) in [6.45, 7) is 3.68. The van der Waals surface area contributed by atoms with Crippen molar-refractivity contribution in [2.24, 2.45) is 0 Å². The van der Waals surface area contributed by atoms with Crippen molar-refractivity contribution in [1.82, 2.24) is 0 Å². The molecule has 4 N–H and O–H groups in total. The highest BCUT2D eigenvalue weighted by molar-refractivity contribution is 6.04. The Balaban J connectivity index is 0.000000152. The maximum absolute atomic E-state index is 8.42. The number of hydrogen-bond acceptors (Lipinski definition) is 4. The van der Waals surface area contributed by atoms with Gasteiger partial charge in [0.2, 0.25) is 0 Å². The summed E-state index contributed by atoms with van der Waals surface area (Å²) in [6, 6.07) is 25.6. The molecule has 4 heteroatoms. The molecule has 0 atom stereocenters. The van der Waals surface area contributed by atoms with Crippen LogP contribution in [-0.2, 0) is 0 Å². The van der Waals surface area contributed by atoms with Crippen molar-refractivity contribution in [2.75, 3.05) is 21.3 Å². The Morgan fingerprint density at radius 3 is 1.22 bits per heavy atom. The van der Waals surface area contributed by atoms with Gasteiger partial charge in [0.15, 0.2) is 0 Å². The van der Waals surface area contributed by atoms with Crippen molar-refractivity contribution in [3.63, 3.8) is 0 Å². The predicted molar refractivity (Wildman–Crippen MR) is 381 cm³/mol. The normalized spacial score (nSPS) is 16.3. The molecule has 0 unspecified atom stereocenters. The first-order valence-electron chi connectivity index (χ1n) is 44.8. The molecule has 0 aromatic heterocycles. The third-order valence-corrected chi connectivity index (χ3v) is 13.0. The van der Waals surface area contributed by atoms with E-state index in [1.54, 1.807) is 78.9 Å². The molecule has 0 aliphatic rings. The van der Waals surface area contributed by atoms with Crippen LogP contribution in [0.25, 0.3) is 82.5 Å². The molecule has 0 radical (unpaired) electrons. The van der Waals surface area contributed by atoms with E-state index in [2.05, 4.69) is 27.8 Å². The third-order valence-electron chi connectivity index (χ3n) is 13.0. The number of benzene rings is 15. The predicted octanol–water partition coefficient (Wildman–Crippen LogP) is 24.0. The summed E-state index contributed by atoms with van der Waals surface area (Å²) in [5.74, 6) is 0. The third kappa shape index (κ3) is 14.3. The smallest absolute Gasteiger partial charge is 0.0645 e. The van der Waals surface area contributed by atoms with Crippen molar-refractivity contribution >= 4 is 94.7 Å². The highest BCUT2D eigenvalue weighted by Gasteiger charge is 2.09. The number of rotatable bonds is 12. The van der Waals surface area contributed by atoms with Crippen molar-refractivity contribution < 1.29 is 49.3 Å². The molecule has 4 nitrogen and oxygen atoms in total. The average Bonchev–Trinajstić information content (AvgIpc) is 0.762. The Kier molecular flexibility index (Phi) is 9.13. The topological polar surface area (TPSA) is 48.1 Å². The molecule has 0 bridgehead atoms. The van der Waals surface area contributed by atoms with E-state index in [1.165, 1.54) is 24.3 Å². The lowest BCUT2D eigenvalue weighted by Gasteiger charge is -2.13. The Labute approximate surface area is 567 Å². The van der Waals surface area contributed by atoms with Crippen LogP contribution in [0.2, 0.25) is 0 Å². The SMILES string of the molecule is [2H]c1c([2H])c([2H])c(Nc2ccc(-c3c([2H])c([2H])c([2H])c([2H])c3[2H])c3ccccc23)c([2H])c1[2H].[2H]c1c([2H])c([2H])c(Nc2ccc(-c3c([2H])c([2H])c([2H])c4c([2H])c([2H])c([2H])c([2H])c34)cc2)c([2H])c1[2H].[2H]c1c([2H])c([2H])c2c(Nc3ccc(-c4ccccc4)cc3)c([2H])c([2H])c([2H])c2c1[2H].[2H]c1c([2H])c([2H])c2c(Nc3ccc(C=C)cc3)c([2H])c([2H])c([2H])c2c1[2H]. The quantitative estimate of drug-likeness (QED) is 0.0985. The fraction of sp³-hybridized carbons (Fsp3) is 0. The zero-order chi connectivity index (χ0) is 90.9. The second kappa shape index (κ2) is 28.2. The van der Waals surface area contributed by atoms with Crippen molar-refractivity contribution in [1.29, 1.82) is 0 Å². The molecule has 15 aromatic carbocycles. The lowest BCUT2D eigenvalue weighted by Crippen LogP contribution is -1.92. The molecule has 15 aromatic rings. The molecule has 0 saturated heterocycles. The zero-order valence-electron chi connectivity index (χ0n) is 82.1. The van der Waals surface area contributed by atoms with E-state index in [4.69, 9.17) is 49.3 Å². The second-order valence-corrected chi connectivity index (χ2v) is 18.6. The van der Waals surface area contributed by atoms with E-state index in [1.807, 2.05) is 42.5 Å². The van der Waals surface area contributed by atoms with Crippen LogP contribution >= 0.6 is 0 Å². The first-order valence-corrected chi connectivity index (χ1v) is 26.8. The van der Waals surface area contributed by atoms with Gasteiger partial charge in [0, 0.05) is 61.7 Å². The minimum Gasteiger partial charge on any atom is -0.356 e. The van der Waals surface area contributed by atoms with Gasteiger partial charge in [-0.2, -0.15) is 0 Å². The minimum atomic E-state index is -0.530. The van der Waals surface area contributed by atoms with Gasteiger partial charge in [0.1, 0.15) is 0 Å². The zero-order valence-corrected chi connectivity index (χ0v) is 46.1. The average molecular weight is 1170 g/mol. The molecular formula is C84H66N4. The molecule has 0 amide bonds. The summed E-state index contributed by atoms with van der Waals surface area (Å²) < 4.78 is 290. The molecule has 0 aliphatic carbocycles. The Morgan fingerprint density at radius 1 is 0.239 bits per heavy atom. The van der Waals surface area contributed by atoms with Crippen LogP contribution in [0.5, 0.6) is 0 Å². The summed E-state index contributed by atoms with van der Waals surface area (Å²) >= 11 is 0. The lowest BCUT2D eigenvalue weighted by molar-refractivity contribution is 1.55. The molecule has 422 valence electrons. The largest absolute Gasteiger partial charge is 0.356 e. The molecule has 88 heavy (non-hydrogen) atoms. The van der Waals surface area contributed by atoms with Gasteiger partial charge >= 0.3 is 0 Å². The molecule has 0 heterocycles. The van der Waals surface area contributed by atoms with Gasteiger partial charge in [0.05, 0.1) is 49.3 Å². The van der Waals surface area contributed by atoms with Crippen molar-refractivity contribution in [3.8, 4) is 33.4 Å². The van der Waals surface area contributed by atoms with Gasteiger partial charge < -0.3 is 21.3 Å². The van der Waals surface area contributed by atoms with Crippen molar-refractivity contribution in [2.45, 2.75) is 0 Å². The molecular weight excluding hydrogens is 1060 g/mol. The van der Waals surface area contributed by atoms with Crippen molar-refractivity contribution in [3.05, 3.63) is 369 Å². The summed E-state index contributed by atoms with van der Waals surface area (Å²) in [6.07, 6.45) is 1.68. The minimum absolute atomic E-state index is 0.0340. The fourth-order valence-electron chi connectivity index (χ4n) is 8.84. The molecule has 15 rings (SSSR count). The van der Waals surface area contributed by atoms with Gasteiger partial charge in [-0.05, 0) is 145 Å². The van der Waals surface area contributed by atoms with E-state index < -0.39 is 139 Å². The fourth-order valence-corrected chi connectivity index (χ4v) is 8.84. The van der Waals surface area contributed by atoms with Gasteiger partial charge in [-0.3, -0.25) is 0 Å². The van der Waals surface area contributed by atoms with E-state index in [9.17, 15) is 0 Å². The Hall–Kier alpha value is -11.7. The standard InChI is InChI=1S/3C22H17N.C18H15N/c1-3-9-17(10-4-1)19-15-16-22(21-14-8-7-13-20(19)21)23-18-11-5-2-6-12-18;1-2-9-19(10-3-1)23-20-15-13-18(14-16-20)22-12-6-8-17-7-4-5-11-21(17)22;1-2-7-17(8-3-1)18-13-15-20(16-14-18)23-22-12-6-10-19-9-4-5-11-21(19)22;1-2-14-10-12-16(13-11-14)19-18-9-5-7-15-6-3-4-8-17(15)18/h3*1-16,23H;2-13,19H,1H2/i1D,2D,3D,4D,5D,6D,9D,10D,11D,12D;1D,2D,3D,4D,5D,6D,7D,8D,9D,10D,11D,12D;4D,5D,6D,9D,10D,11D,12D;3D,4D,5D,6D,7D,8D,9D. The van der Waals surface area contributed by atoms with Gasteiger partial charge in [-0.25, -0.2) is 0 Å². The Bertz CT molecular complexity index is 6820. The first-order chi connectivity index (χ1) is 58.5. The van der Waals surface area contributed by atoms with E-state index >= 15 is 0 Å². The van der Waals surface area contributed by atoms with Gasteiger partial charge in [-0.15, -0.1) is 0 Å². The van der Waals surface area contributed by atoms with Gasteiger partial charge in [-0.1, -0.05) is 291 Å². The number of anilines is 8.